The smallest absolute Gasteiger partial charge is 0.229 e. The summed E-state index contributed by atoms with van der Waals surface area (Å²) in [7, 11) is 0. The molecule has 8 heteroatoms. The monoisotopic (exact) mass is 485 g/mol. The number of nitrogens with one attached hydrogen (secondary N) is 2. The first-order valence-corrected chi connectivity index (χ1v) is 9.29. The highest BCUT2D eigenvalue weighted by Crippen LogP contribution is 2.21. The summed E-state index contributed by atoms with van der Waals surface area (Å²) in [5.74, 6) is 0.859. The summed E-state index contributed by atoms with van der Waals surface area (Å²) in [5.41, 5.74) is 0.942. The molecule has 26 heavy (non-hydrogen) atoms. The molecule has 1 fully saturated rings. The van der Waals surface area contributed by atoms with E-state index in [4.69, 9.17) is 0 Å². The van der Waals surface area contributed by atoms with E-state index >= 15 is 0 Å². The molecule has 0 aliphatic carbocycles. The minimum absolute atomic E-state index is 0. The van der Waals surface area contributed by atoms with Gasteiger partial charge in [0.2, 0.25) is 5.91 Å². The average molecular weight is 485 g/mol. The average Bonchev–Trinajstić information content (AvgIpc) is 3.19. The summed E-state index contributed by atoms with van der Waals surface area (Å²) in [6.07, 6.45) is 2.33. The number of aliphatic imine (C=N–C) groups is 1. The molecule has 1 atom stereocenters. The summed E-state index contributed by atoms with van der Waals surface area (Å²) in [6, 6.07) is 9.82. The van der Waals surface area contributed by atoms with Crippen LogP contribution in [0.5, 0.6) is 0 Å². The number of aromatic nitrogens is 1. The number of halogens is 1. The number of rotatable bonds is 5. The van der Waals surface area contributed by atoms with Crippen molar-refractivity contribution in [3.8, 4) is 0 Å². The fourth-order valence-corrected chi connectivity index (χ4v) is 3.51. The molecule has 1 saturated heterocycles. The first-order chi connectivity index (χ1) is 12.2. The molecule has 0 bridgehead atoms. The maximum Gasteiger partial charge on any atom is 0.229 e. The topological polar surface area (TPSA) is 69.6 Å². The van der Waals surface area contributed by atoms with Crippen LogP contribution in [0.3, 0.4) is 0 Å². The van der Waals surface area contributed by atoms with Gasteiger partial charge < -0.3 is 15.5 Å². The van der Waals surface area contributed by atoms with Gasteiger partial charge in [-0.1, -0.05) is 18.2 Å². The number of para-hydroxylation sites is 1. The summed E-state index contributed by atoms with van der Waals surface area (Å²) in [6.45, 7) is 6.02. The summed E-state index contributed by atoms with van der Waals surface area (Å²) in [5, 5.41) is 7.61. The molecule has 1 aliphatic heterocycles. The van der Waals surface area contributed by atoms with Crippen molar-refractivity contribution in [3.63, 3.8) is 0 Å². The third kappa shape index (κ3) is 5.41. The fourth-order valence-electron chi connectivity index (χ4n) is 2.80. The number of hydrogen-bond acceptors (Lipinski definition) is 4. The third-order valence-corrected chi connectivity index (χ3v) is 4.82. The zero-order valence-electron chi connectivity index (χ0n) is 14.9. The Bertz CT molecular complexity index is 749. The molecule has 3 rings (SSSR count). The molecule has 1 aromatic carbocycles. The van der Waals surface area contributed by atoms with Gasteiger partial charge in [0.1, 0.15) is 5.01 Å². The van der Waals surface area contributed by atoms with Gasteiger partial charge in [-0.15, -0.1) is 35.3 Å². The fraction of sp³-hybridized carbons (Fsp3) is 0.389. The van der Waals surface area contributed by atoms with Crippen LogP contribution in [0.4, 0.5) is 5.69 Å². The van der Waals surface area contributed by atoms with Gasteiger partial charge in [-0.05, 0) is 26.0 Å². The number of hydrogen-bond donors (Lipinski definition) is 2. The Morgan fingerprint density at radius 3 is 2.81 bits per heavy atom. The molecule has 0 radical (unpaired) electrons. The number of carbonyl (C=O) groups is 1. The molecule has 2 aromatic rings. The number of guanidine groups is 1. The van der Waals surface area contributed by atoms with E-state index in [0.717, 1.165) is 23.2 Å². The first kappa shape index (κ1) is 20.6. The number of nitrogens with zero attached hydrogens (tertiary/aromatic N) is 3. The van der Waals surface area contributed by atoms with Gasteiger partial charge in [0, 0.05) is 36.3 Å². The third-order valence-electron chi connectivity index (χ3n) is 3.92. The molecule has 1 amide bonds. The van der Waals surface area contributed by atoms with Crippen LogP contribution < -0.4 is 15.5 Å². The van der Waals surface area contributed by atoms with E-state index in [1.165, 1.54) is 4.88 Å². The summed E-state index contributed by atoms with van der Waals surface area (Å²) < 4.78 is 0. The van der Waals surface area contributed by atoms with Crippen LogP contribution >= 0.6 is 35.3 Å². The van der Waals surface area contributed by atoms with Crippen LogP contribution in [0.15, 0.2) is 41.5 Å². The van der Waals surface area contributed by atoms with Crippen molar-refractivity contribution in [3.05, 3.63) is 46.4 Å². The van der Waals surface area contributed by atoms with Gasteiger partial charge in [0.15, 0.2) is 5.96 Å². The van der Waals surface area contributed by atoms with Gasteiger partial charge in [-0.25, -0.2) is 9.98 Å². The number of amides is 1. The van der Waals surface area contributed by atoms with Crippen molar-refractivity contribution in [2.75, 3.05) is 18.0 Å². The lowest BCUT2D eigenvalue weighted by Crippen LogP contribution is -2.44. The normalized spacial score (nSPS) is 17.2. The number of aryl methyl sites for hydroxylation is 1. The predicted molar refractivity (Wildman–Crippen MR) is 117 cm³/mol. The molecule has 2 N–H and O–H groups in total. The van der Waals surface area contributed by atoms with Crippen LogP contribution in [0, 0.1) is 6.92 Å². The maximum atomic E-state index is 12.3. The highest BCUT2D eigenvalue weighted by atomic mass is 127. The van der Waals surface area contributed by atoms with Crippen molar-refractivity contribution in [1.29, 1.82) is 0 Å². The second-order valence-corrected chi connectivity index (χ2v) is 7.26. The zero-order chi connectivity index (χ0) is 17.6. The summed E-state index contributed by atoms with van der Waals surface area (Å²) in [4.78, 5) is 24.3. The molecule has 6 nitrogen and oxygen atoms in total. The quantitative estimate of drug-likeness (QED) is 0.388. The van der Waals surface area contributed by atoms with E-state index in [2.05, 4.69) is 20.6 Å². The van der Waals surface area contributed by atoms with E-state index in [1.807, 2.05) is 55.3 Å². The van der Waals surface area contributed by atoms with E-state index < -0.39 is 0 Å². The SMILES string of the molecule is CCNC(=NCc1ncc(C)s1)NC1CC(=O)N(c2ccccc2)C1.I. The van der Waals surface area contributed by atoms with E-state index in [1.54, 1.807) is 11.3 Å². The minimum Gasteiger partial charge on any atom is -0.357 e. The Morgan fingerprint density at radius 1 is 1.38 bits per heavy atom. The van der Waals surface area contributed by atoms with Crippen LogP contribution in [-0.2, 0) is 11.3 Å². The molecule has 1 aromatic heterocycles. The summed E-state index contributed by atoms with van der Waals surface area (Å²) >= 11 is 1.65. The van der Waals surface area contributed by atoms with Crippen molar-refractivity contribution < 1.29 is 4.79 Å². The van der Waals surface area contributed by atoms with Crippen molar-refractivity contribution in [2.45, 2.75) is 32.9 Å². The Labute approximate surface area is 175 Å². The second kappa shape index (κ2) is 9.86. The van der Waals surface area contributed by atoms with E-state index in [9.17, 15) is 4.79 Å². The Morgan fingerprint density at radius 2 is 2.15 bits per heavy atom. The van der Waals surface area contributed by atoms with Crippen molar-refractivity contribution in [2.24, 2.45) is 4.99 Å². The Hall–Kier alpha value is -1.68. The number of anilines is 1. The van der Waals surface area contributed by atoms with E-state index in [0.29, 0.717) is 19.5 Å². The Balaban J connectivity index is 0.00000243. The lowest BCUT2D eigenvalue weighted by atomic mass is 10.2. The van der Waals surface area contributed by atoms with Gasteiger partial charge in [-0.3, -0.25) is 4.79 Å². The van der Waals surface area contributed by atoms with Gasteiger partial charge in [0.25, 0.3) is 0 Å². The number of benzene rings is 1. The molecule has 1 unspecified atom stereocenters. The highest BCUT2D eigenvalue weighted by Gasteiger charge is 2.31. The molecule has 0 spiro atoms. The van der Waals surface area contributed by atoms with Crippen LogP contribution in [0.25, 0.3) is 0 Å². The zero-order valence-corrected chi connectivity index (χ0v) is 18.1. The maximum absolute atomic E-state index is 12.3. The predicted octanol–water partition coefficient (Wildman–Crippen LogP) is 2.93. The van der Waals surface area contributed by atoms with Crippen LogP contribution in [-0.4, -0.2) is 36.0 Å². The van der Waals surface area contributed by atoms with Crippen molar-refractivity contribution in [1.82, 2.24) is 15.6 Å². The largest absolute Gasteiger partial charge is 0.357 e. The molecule has 140 valence electrons. The number of thiazole rings is 1. The van der Waals surface area contributed by atoms with Gasteiger partial charge in [0.05, 0.1) is 12.6 Å². The van der Waals surface area contributed by atoms with Crippen LogP contribution in [0.2, 0.25) is 0 Å². The van der Waals surface area contributed by atoms with E-state index in [-0.39, 0.29) is 35.9 Å². The second-order valence-electron chi connectivity index (χ2n) is 5.95. The van der Waals surface area contributed by atoms with Crippen LogP contribution in [0.1, 0.15) is 23.2 Å². The van der Waals surface area contributed by atoms with Crippen molar-refractivity contribution >= 4 is 52.9 Å². The first-order valence-electron chi connectivity index (χ1n) is 8.47. The minimum atomic E-state index is 0. The molecular formula is C18H24IN5OS. The molecule has 0 saturated carbocycles. The standard InChI is InChI=1S/C18H23N5OS.HI/c1-3-19-18(21-11-16-20-10-13(2)25-16)22-14-9-17(24)23(12-14)15-7-5-4-6-8-15;/h4-8,10,14H,3,9,11-12H2,1-2H3,(H2,19,21,22);1H. The molecule has 2 heterocycles. The highest BCUT2D eigenvalue weighted by molar-refractivity contribution is 14.0. The lowest BCUT2D eigenvalue weighted by Gasteiger charge is -2.18. The molecule has 1 aliphatic rings. The number of carbonyl (C=O) groups excluding carboxylic acids is 1. The lowest BCUT2D eigenvalue weighted by molar-refractivity contribution is -0.117. The van der Waals surface area contributed by atoms with Gasteiger partial charge >= 0.3 is 0 Å². The molecular weight excluding hydrogens is 461 g/mol. The Kier molecular flexibility index (Phi) is 7.83. The van der Waals surface area contributed by atoms with Gasteiger partial charge in [-0.2, -0.15) is 0 Å².